The molecule has 0 aliphatic carbocycles. The molecule has 16 heavy (non-hydrogen) atoms. The second-order valence-electron chi connectivity index (χ2n) is 5.27. The summed E-state index contributed by atoms with van der Waals surface area (Å²) in [6, 6.07) is -0.264. The zero-order chi connectivity index (χ0) is 12.7. The SMILES string of the molecule is CC(C)CCC(=O)N(C)[C@H](C=O)CC(C)C. The monoisotopic (exact) mass is 227 g/mol. The summed E-state index contributed by atoms with van der Waals surface area (Å²) in [6.45, 7) is 8.31. The Labute approximate surface area is 99.2 Å². The summed E-state index contributed by atoms with van der Waals surface area (Å²) < 4.78 is 0. The normalized spacial score (nSPS) is 12.9. The Kier molecular flexibility index (Phi) is 7.02. The number of carbonyl (C=O) groups is 2. The summed E-state index contributed by atoms with van der Waals surface area (Å²) in [6.07, 6.45) is 3.05. The van der Waals surface area contributed by atoms with Crippen LogP contribution in [0.4, 0.5) is 0 Å². The highest BCUT2D eigenvalue weighted by atomic mass is 16.2. The lowest BCUT2D eigenvalue weighted by Gasteiger charge is -2.25. The molecule has 94 valence electrons. The van der Waals surface area contributed by atoms with E-state index in [1.165, 1.54) is 0 Å². The van der Waals surface area contributed by atoms with E-state index in [9.17, 15) is 9.59 Å². The van der Waals surface area contributed by atoms with Crippen molar-refractivity contribution in [2.24, 2.45) is 11.8 Å². The second-order valence-corrected chi connectivity index (χ2v) is 5.27. The molecule has 3 heteroatoms. The van der Waals surface area contributed by atoms with E-state index in [2.05, 4.69) is 27.7 Å². The fourth-order valence-corrected chi connectivity index (χ4v) is 1.56. The van der Waals surface area contributed by atoms with Crippen molar-refractivity contribution in [2.45, 2.75) is 53.0 Å². The van der Waals surface area contributed by atoms with E-state index < -0.39 is 0 Å². The van der Waals surface area contributed by atoms with Crippen molar-refractivity contribution in [1.29, 1.82) is 0 Å². The maximum atomic E-state index is 11.8. The molecule has 3 nitrogen and oxygen atoms in total. The summed E-state index contributed by atoms with van der Waals surface area (Å²) >= 11 is 0. The Morgan fingerprint density at radius 3 is 2.12 bits per heavy atom. The molecule has 0 aliphatic heterocycles. The number of likely N-dealkylation sites (N-methyl/N-ethyl adjacent to an activating group) is 1. The molecule has 0 spiro atoms. The molecule has 0 fully saturated rings. The van der Waals surface area contributed by atoms with Crippen LogP contribution in [-0.2, 0) is 9.59 Å². The van der Waals surface area contributed by atoms with Crippen molar-refractivity contribution in [3.8, 4) is 0 Å². The van der Waals surface area contributed by atoms with Crippen LogP contribution in [0.3, 0.4) is 0 Å². The maximum absolute atomic E-state index is 11.8. The molecule has 1 amide bonds. The third kappa shape index (κ3) is 5.89. The molecule has 0 N–H and O–H groups in total. The van der Waals surface area contributed by atoms with E-state index in [-0.39, 0.29) is 11.9 Å². The second kappa shape index (κ2) is 7.42. The molecular formula is C13H25NO2. The van der Waals surface area contributed by atoms with E-state index in [0.717, 1.165) is 19.1 Å². The van der Waals surface area contributed by atoms with Gasteiger partial charge in [0.25, 0.3) is 0 Å². The van der Waals surface area contributed by atoms with Crippen molar-refractivity contribution in [3.05, 3.63) is 0 Å². The fourth-order valence-electron chi connectivity index (χ4n) is 1.56. The molecule has 0 saturated heterocycles. The Morgan fingerprint density at radius 2 is 1.75 bits per heavy atom. The minimum Gasteiger partial charge on any atom is -0.336 e. The first kappa shape index (κ1) is 15.1. The van der Waals surface area contributed by atoms with E-state index in [1.54, 1.807) is 11.9 Å². The van der Waals surface area contributed by atoms with Gasteiger partial charge in [0.1, 0.15) is 6.29 Å². The fraction of sp³-hybridized carbons (Fsp3) is 0.846. The lowest BCUT2D eigenvalue weighted by molar-refractivity contribution is -0.135. The minimum atomic E-state index is -0.264. The van der Waals surface area contributed by atoms with Crippen LogP contribution in [0.15, 0.2) is 0 Å². The predicted molar refractivity (Wildman–Crippen MR) is 66.1 cm³/mol. The molecule has 1 atom stereocenters. The highest BCUT2D eigenvalue weighted by Gasteiger charge is 2.19. The number of rotatable bonds is 7. The molecule has 0 aromatic heterocycles. The Morgan fingerprint density at radius 1 is 1.19 bits per heavy atom. The van der Waals surface area contributed by atoms with Gasteiger partial charge in [-0.05, 0) is 24.7 Å². The van der Waals surface area contributed by atoms with Gasteiger partial charge in [-0.3, -0.25) is 4.79 Å². The number of amides is 1. The first-order valence-corrected chi connectivity index (χ1v) is 6.09. The Balaban J connectivity index is 4.21. The maximum Gasteiger partial charge on any atom is 0.222 e. The van der Waals surface area contributed by atoms with Gasteiger partial charge in [0, 0.05) is 13.5 Å². The summed E-state index contributed by atoms with van der Waals surface area (Å²) in [7, 11) is 1.73. The lowest BCUT2D eigenvalue weighted by atomic mass is 10.0. The van der Waals surface area contributed by atoms with E-state index >= 15 is 0 Å². The van der Waals surface area contributed by atoms with Crippen molar-refractivity contribution < 1.29 is 9.59 Å². The van der Waals surface area contributed by atoms with E-state index in [1.807, 2.05) is 0 Å². The van der Waals surface area contributed by atoms with Crippen LogP contribution in [0.25, 0.3) is 0 Å². The number of aldehydes is 1. The zero-order valence-corrected chi connectivity index (χ0v) is 11.2. The highest BCUT2D eigenvalue weighted by molar-refractivity contribution is 5.79. The van der Waals surface area contributed by atoms with Crippen LogP contribution in [0, 0.1) is 11.8 Å². The average molecular weight is 227 g/mol. The molecule has 0 heterocycles. The predicted octanol–water partition coefficient (Wildman–Crippen LogP) is 2.49. The summed E-state index contributed by atoms with van der Waals surface area (Å²) in [5, 5.41) is 0. The van der Waals surface area contributed by atoms with Gasteiger partial charge >= 0.3 is 0 Å². The number of nitrogens with zero attached hydrogens (tertiary/aromatic N) is 1. The van der Waals surface area contributed by atoms with Crippen LogP contribution < -0.4 is 0 Å². The molecule has 0 aliphatic rings. The first-order chi connectivity index (χ1) is 7.38. The van der Waals surface area contributed by atoms with Gasteiger partial charge in [0.05, 0.1) is 6.04 Å². The highest BCUT2D eigenvalue weighted by Crippen LogP contribution is 2.12. The molecular weight excluding hydrogens is 202 g/mol. The quantitative estimate of drug-likeness (QED) is 0.627. The van der Waals surface area contributed by atoms with Gasteiger partial charge in [0.15, 0.2) is 0 Å². The molecule has 0 unspecified atom stereocenters. The summed E-state index contributed by atoms with van der Waals surface area (Å²) in [4.78, 5) is 24.3. The van der Waals surface area contributed by atoms with Crippen LogP contribution in [-0.4, -0.2) is 30.2 Å². The van der Waals surface area contributed by atoms with Crippen molar-refractivity contribution >= 4 is 12.2 Å². The molecule has 0 saturated carbocycles. The van der Waals surface area contributed by atoms with Crippen LogP contribution >= 0.6 is 0 Å². The third-order valence-corrected chi connectivity index (χ3v) is 2.70. The summed E-state index contributed by atoms with van der Waals surface area (Å²) in [5.74, 6) is 1.03. The summed E-state index contributed by atoms with van der Waals surface area (Å²) in [5.41, 5.74) is 0. The van der Waals surface area contributed by atoms with Gasteiger partial charge in [-0.2, -0.15) is 0 Å². The van der Waals surface area contributed by atoms with Gasteiger partial charge in [0.2, 0.25) is 5.91 Å². The first-order valence-electron chi connectivity index (χ1n) is 6.09. The van der Waals surface area contributed by atoms with Gasteiger partial charge in [-0.25, -0.2) is 0 Å². The Hall–Kier alpha value is -0.860. The molecule has 0 aromatic carbocycles. The minimum absolute atomic E-state index is 0.0754. The van der Waals surface area contributed by atoms with Gasteiger partial charge in [-0.15, -0.1) is 0 Å². The smallest absolute Gasteiger partial charge is 0.222 e. The average Bonchev–Trinajstić information content (AvgIpc) is 2.21. The van der Waals surface area contributed by atoms with Crippen LogP contribution in [0.1, 0.15) is 47.0 Å². The lowest BCUT2D eigenvalue weighted by Crippen LogP contribution is -2.39. The molecule has 0 radical (unpaired) electrons. The Bertz CT molecular complexity index is 224. The standard InChI is InChI=1S/C13H25NO2/c1-10(2)6-7-13(16)14(5)12(9-15)8-11(3)4/h9-12H,6-8H2,1-5H3/t12-/m0/s1. The number of carbonyl (C=O) groups excluding carboxylic acids is 2. The van der Waals surface area contributed by atoms with E-state index in [4.69, 9.17) is 0 Å². The van der Waals surface area contributed by atoms with E-state index in [0.29, 0.717) is 18.3 Å². The third-order valence-electron chi connectivity index (χ3n) is 2.70. The molecule has 0 aromatic rings. The number of hydrogen-bond acceptors (Lipinski definition) is 2. The van der Waals surface area contributed by atoms with Gasteiger partial charge in [-0.1, -0.05) is 27.7 Å². The molecule has 0 rings (SSSR count). The van der Waals surface area contributed by atoms with Crippen molar-refractivity contribution in [1.82, 2.24) is 4.90 Å². The van der Waals surface area contributed by atoms with Crippen LogP contribution in [0.2, 0.25) is 0 Å². The van der Waals surface area contributed by atoms with Gasteiger partial charge < -0.3 is 9.69 Å². The van der Waals surface area contributed by atoms with Crippen molar-refractivity contribution in [2.75, 3.05) is 7.05 Å². The zero-order valence-electron chi connectivity index (χ0n) is 11.2. The number of hydrogen-bond donors (Lipinski definition) is 0. The largest absolute Gasteiger partial charge is 0.336 e. The van der Waals surface area contributed by atoms with Crippen LogP contribution in [0.5, 0.6) is 0 Å². The topological polar surface area (TPSA) is 37.4 Å². The van der Waals surface area contributed by atoms with Crippen molar-refractivity contribution in [3.63, 3.8) is 0 Å². The molecule has 0 bridgehead atoms.